The van der Waals surface area contributed by atoms with Crippen LogP contribution in [-0.4, -0.2) is 48.1 Å². The van der Waals surface area contributed by atoms with E-state index in [1.54, 1.807) is 0 Å². The van der Waals surface area contributed by atoms with Crippen LogP contribution in [0, 0.1) is 6.92 Å². The number of piperazine rings is 1. The molecule has 0 bridgehead atoms. The number of nitrogens with zero attached hydrogens (tertiary/aromatic N) is 4. The van der Waals surface area contributed by atoms with E-state index in [4.69, 9.17) is 16.6 Å². The number of anilines is 1. The fourth-order valence-corrected chi connectivity index (χ4v) is 2.52. The summed E-state index contributed by atoms with van der Waals surface area (Å²) < 4.78 is 0. The molecule has 0 amide bonds. The first-order valence-corrected chi connectivity index (χ1v) is 7.00. The Hall–Kier alpha value is -0.870. The minimum atomic E-state index is 0.550. The van der Waals surface area contributed by atoms with Gasteiger partial charge in [-0.1, -0.05) is 11.6 Å². The second-order valence-corrected chi connectivity index (χ2v) is 5.74. The molecule has 3 rings (SSSR count). The maximum absolute atomic E-state index is 6.25. The summed E-state index contributed by atoms with van der Waals surface area (Å²) in [5.41, 5.74) is 1.02. The van der Waals surface area contributed by atoms with Gasteiger partial charge in [0.1, 0.15) is 16.8 Å². The smallest absolute Gasteiger partial charge is 0.137 e. The van der Waals surface area contributed by atoms with Crippen molar-refractivity contribution >= 4 is 17.4 Å². The van der Waals surface area contributed by atoms with Crippen LogP contribution in [-0.2, 0) is 0 Å². The van der Waals surface area contributed by atoms with E-state index >= 15 is 0 Å². The summed E-state index contributed by atoms with van der Waals surface area (Å²) in [4.78, 5) is 13.9. The lowest BCUT2D eigenvalue weighted by Crippen LogP contribution is -2.45. The van der Waals surface area contributed by atoms with Crippen LogP contribution in [0.5, 0.6) is 0 Å². The van der Waals surface area contributed by atoms with Crippen molar-refractivity contribution in [1.29, 1.82) is 0 Å². The normalized spacial score (nSPS) is 21.4. The van der Waals surface area contributed by atoms with Gasteiger partial charge in [0, 0.05) is 37.7 Å². The summed E-state index contributed by atoms with van der Waals surface area (Å²) in [6.45, 7) is 6.23. The van der Waals surface area contributed by atoms with Crippen LogP contribution in [0.15, 0.2) is 0 Å². The fraction of sp³-hybridized carbons (Fsp3) is 0.692. The molecule has 18 heavy (non-hydrogen) atoms. The number of halogens is 1. The van der Waals surface area contributed by atoms with Crippen molar-refractivity contribution in [3.63, 3.8) is 0 Å². The highest BCUT2D eigenvalue weighted by Gasteiger charge is 2.29. The molecule has 1 aliphatic heterocycles. The third kappa shape index (κ3) is 2.31. The van der Waals surface area contributed by atoms with Crippen molar-refractivity contribution < 1.29 is 0 Å². The summed E-state index contributed by atoms with van der Waals surface area (Å²) in [6.07, 6.45) is 2.42. The molecule has 2 aliphatic rings. The lowest BCUT2D eigenvalue weighted by molar-refractivity contribution is 0.311. The van der Waals surface area contributed by atoms with Gasteiger partial charge in [0.25, 0.3) is 0 Å². The van der Waals surface area contributed by atoms with Crippen LogP contribution in [0.3, 0.4) is 0 Å². The molecule has 0 N–H and O–H groups in total. The molecule has 0 unspecified atom stereocenters. The molecule has 1 aliphatic carbocycles. The molecule has 0 aromatic carbocycles. The lowest BCUT2D eigenvalue weighted by Gasteiger charge is -2.34. The third-order valence-corrected chi connectivity index (χ3v) is 4.19. The number of likely N-dealkylation sites (N-methyl/N-ethyl adjacent to an activating group) is 1. The zero-order chi connectivity index (χ0) is 12.7. The lowest BCUT2D eigenvalue weighted by atomic mass is 10.2. The van der Waals surface area contributed by atoms with Gasteiger partial charge >= 0.3 is 0 Å². The third-order valence-electron chi connectivity index (χ3n) is 3.82. The van der Waals surface area contributed by atoms with Gasteiger partial charge in [-0.3, -0.25) is 0 Å². The van der Waals surface area contributed by atoms with E-state index in [9.17, 15) is 0 Å². The van der Waals surface area contributed by atoms with Gasteiger partial charge in [0.15, 0.2) is 0 Å². The molecule has 1 aromatic rings. The van der Waals surface area contributed by atoms with Crippen LogP contribution < -0.4 is 4.90 Å². The van der Waals surface area contributed by atoms with Gasteiger partial charge in [0.05, 0.1) is 0 Å². The van der Waals surface area contributed by atoms with Crippen molar-refractivity contribution in [3.8, 4) is 0 Å². The molecular formula is C13H19ClN4. The highest BCUT2D eigenvalue weighted by Crippen LogP contribution is 2.40. The first-order valence-electron chi connectivity index (χ1n) is 6.62. The fourth-order valence-electron chi connectivity index (χ4n) is 2.34. The number of aromatic nitrogens is 2. The molecule has 5 heteroatoms. The van der Waals surface area contributed by atoms with E-state index in [1.807, 2.05) is 6.92 Å². The topological polar surface area (TPSA) is 32.3 Å². The Bertz CT molecular complexity index is 451. The zero-order valence-corrected chi connectivity index (χ0v) is 11.7. The Balaban J connectivity index is 1.89. The predicted molar refractivity (Wildman–Crippen MR) is 73.5 cm³/mol. The standard InChI is InChI=1S/C13H19ClN4/c1-9-11(14)15-12(10-3-4-10)16-13(9)18-7-5-17(2)6-8-18/h10H,3-8H2,1-2H3. The molecule has 1 saturated heterocycles. The quantitative estimate of drug-likeness (QED) is 0.767. The van der Waals surface area contributed by atoms with Gasteiger partial charge in [-0.2, -0.15) is 0 Å². The largest absolute Gasteiger partial charge is 0.354 e. The number of rotatable bonds is 2. The summed E-state index contributed by atoms with van der Waals surface area (Å²) in [5, 5.41) is 0.626. The molecule has 2 fully saturated rings. The van der Waals surface area contributed by atoms with Crippen molar-refractivity contribution in [3.05, 3.63) is 16.5 Å². The first-order chi connectivity index (χ1) is 8.65. The van der Waals surface area contributed by atoms with E-state index in [0.717, 1.165) is 43.4 Å². The molecule has 0 spiro atoms. The summed E-state index contributed by atoms with van der Waals surface area (Å²) in [7, 11) is 2.16. The monoisotopic (exact) mass is 266 g/mol. The Kier molecular flexibility index (Phi) is 3.16. The van der Waals surface area contributed by atoms with E-state index in [0.29, 0.717) is 11.1 Å². The van der Waals surface area contributed by atoms with E-state index in [1.165, 1.54) is 12.8 Å². The van der Waals surface area contributed by atoms with E-state index < -0.39 is 0 Å². The van der Waals surface area contributed by atoms with Crippen LogP contribution >= 0.6 is 11.6 Å². The average molecular weight is 267 g/mol. The molecule has 2 heterocycles. The Labute approximate surface area is 113 Å². The van der Waals surface area contributed by atoms with Gasteiger partial charge in [-0.15, -0.1) is 0 Å². The molecular weight excluding hydrogens is 248 g/mol. The predicted octanol–water partition coefficient (Wildman–Crippen LogP) is 2.07. The number of hydrogen-bond donors (Lipinski definition) is 0. The molecule has 1 saturated carbocycles. The second kappa shape index (κ2) is 4.67. The molecule has 1 aromatic heterocycles. The molecule has 4 nitrogen and oxygen atoms in total. The van der Waals surface area contributed by atoms with Gasteiger partial charge in [-0.05, 0) is 26.8 Å². The van der Waals surface area contributed by atoms with Crippen LogP contribution in [0.25, 0.3) is 0 Å². The Morgan fingerprint density at radius 3 is 2.39 bits per heavy atom. The van der Waals surface area contributed by atoms with Crippen molar-refractivity contribution in [1.82, 2.24) is 14.9 Å². The van der Waals surface area contributed by atoms with Gasteiger partial charge < -0.3 is 9.80 Å². The maximum atomic E-state index is 6.25. The zero-order valence-electron chi connectivity index (χ0n) is 11.0. The van der Waals surface area contributed by atoms with Crippen molar-refractivity contribution in [2.24, 2.45) is 0 Å². The molecule has 0 radical (unpaired) electrons. The maximum Gasteiger partial charge on any atom is 0.137 e. The van der Waals surface area contributed by atoms with Crippen molar-refractivity contribution in [2.45, 2.75) is 25.7 Å². The van der Waals surface area contributed by atoms with Gasteiger partial charge in [-0.25, -0.2) is 9.97 Å². The van der Waals surface area contributed by atoms with Gasteiger partial charge in [0.2, 0.25) is 0 Å². The van der Waals surface area contributed by atoms with Crippen LogP contribution in [0.4, 0.5) is 5.82 Å². The highest BCUT2D eigenvalue weighted by atomic mass is 35.5. The van der Waals surface area contributed by atoms with Crippen LogP contribution in [0.2, 0.25) is 5.15 Å². The molecule has 98 valence electrons. The van der Waals surface area contributed by atoms with Crippen LogP contribution in [0.1, 0.15) is 30.1 Å². The number of hydrogen-bond acceptors (Lipinski definition) is 4. The summed E-state index contributed by atoms with van der Waals surface area (Å²) in [5.74, 6) is 2.54. The average Bonchev–Trinajstić information content (AvgIpc) is 3.18. The second-order valence-electron chi connectivity index (χ2n) is 5.39. The Morgan fingerprint density at radius 2 is 1.78 bits per heavy atom. The van der Waals surface area contributed by atoms with Crippen molar-refractivity contribution in [2.75, 3.05) is 38.1 Å². The molecule has 0 atom stereocenters. The SMILES string of the molecule is Cc1c(Cl)nc(C2CC2)nc1N1CCN(C)CC1. The minimum Gasteiger partial charge on any atom is -0.354 e. The van der Waals surface area contributed by atoms with E-state index in [-0.39, 0.29) is 0 Å². The summed E-state index contributed by atoms with van der Waals surface area (Å²) in [6, 6.07) is 0. The Morgan fingerprint density at radius 1 is 1.11 bits per heavy atom. The van der Waals surface area contributed by atoms with E-state index in [2.05, 4.69) is 21.8 Å². The summed E-state index contributed by atoms with van der Waals surface area (Å²) >= 11 is 6.25. The first kappa shape index (κ1) is 12.2. The highest BCUT2D eigenvalue weighted by molar-refractivity contribution is 6.30. The minimum absolute atomic E-state index is 0.550.